The van der Waals surface area contributed by atoms with Gasteiger partial charge in [-0.15, -0.1) is 0 Å². The van der Waals surface area contributed by atoms with Crippen molar-refractivity contribution in [3.63, 3.8) is 0 Å². The molecular weight excluding hydrogens is 374 g/mol. The molecule has 152 valence electrons. The van der Waals surface area contributed by atoms with Gasteiger partial charge in [0.15, 0.2) is 0 Å². The molecule has 0 bridgehead atoms. The number of carbonyl (C=O) groups is 2. The summed E-state index contributed by atoms with van der Waals surface area (Å²) in [6.45, 7) is 1.13. The van der Waals surface area contributed by atoms with Crippen molar-refractivity contribution < 1.29 is 19.5 Å². The minimum absolute atomic E-state index is 0.142. The first kappa shape index (κ1) is 21.8. The Balaban J connectivity index is 1.97. The molecule has 9 heteroatoms. The average molecular weight is 397 g/mol. The number of carbonyl (C=O) groups excluding carboxylic acids is 2. The number of benzene rings is 1. The van der Waals surface area contributed by atoms with E-state index in [9.17, 15) is 9.59 Å². The summed E-state index contributed by atoms with van der Waals surface area (Å²) in [5.41, 5.74) is 8.69. The van der Waals surface area contributed by atoms with E-state index < -0.39 is 17.9 Å². The van der Waals surface area contributed by atoms with Crippen molar-refractivity contribution in [3.8, 4) is 11.8 Å². The van der Waals surface area contributed by atoms with Crippen molar-refractivity contribution in [1.29, 1.82) is 0 Å². The summed E-state index contributed by atoms with van der Waals surface area (Å²) in [5.74, 6) is 5.49. The van der Waals surface area contributed by atoms with Crippen LogP contribution in [0.3, 0.4) is 0 Å². The highest BCUT2D eigenvalue weighted by Gasteiger charge is 2.19. The van der Waals surface area contributed by atoms with Gasteiger partial charge in [0.25, 0.3) is 11.8 Å². The molecule has 29 heavy (non-hydrogen) atoms. The highest BCUT2D eigenvalue weighted by molar-refractivity contribution is 5.97. The number of methoxy groups -OCH3 is 1. The highest BCUT2D eigenvalue weighted by Crippen LogP contribution is 2.06. The number of pyridine rings is 1. The Morgan fingerprint density at radius 1 is 1.17 bits per heavy atom. The quantitative estimate of drug-likeness (QED) is 0.184. The van der Waals surface area contributed by atoms with Gasteiger partial charge in [-0.2, -0.15) is 0 Å². The molecule has 2 rings (SSSR count). The first-order valence-electron chi connectivity index (χ1n) is 8.83. The van der Waals surface area contributed by atoms with E-state index >= 15 is 0 Å². The molecule has 1 atom stereocenters. The summed E-state index contributed by atoms with van der Waals surface area (Å²) in [6, 6.07) is 9.24. The average Bonchev–Trinajstić information content (AvgIpc) is 2.76. The third kappa shape index (κ3) is 6.90. The van der Waals surface area contributed by atoms with Gasteiger partial charge in [0, 0.05) is 43.1 Å². The summed E-state index contributed by atoms with van der Waals surface area (Å²) >= 11 is 0. The molecule has 1 aromatic heterocycles. The minimum Gasteiger partial charge on any atom is -0.383 e. The Bertz CT molecular complexity index is 872. The molecule has 0 unspecified atom stereocenters. The number of amides is 2. The maximum Gasteiger partial charge on any atom is 0.267 e. The predicted octanol–water partition coefficient (Wildman–Crippen LogP) is 0.102. The zero-order chi connectivity index (χ0) is 21.1. The van der Waals surface area contributed by atoms with Crippen LogP contribution in [-0.4, -0.2) is 54.9 Å². The smallest absolute Gasteiger partial charge is 0.267 e. The molecule has 0 radical (unpaired) electrons. The number of hydrogen-bond acceptors (Lipinski definition) is 7. The fraction of sp³-hybridized carbons (Fsp3) is 0.250. The maximum absolute atomic E-state index is 12.2. The molecule has 0 aliphatic carbocycles. The summed E-state index contributed by atoms with van der Waals surface area (Å²) in [5, 5.41) is 14.2. The van der Waals surface area contributed by atoms with Crippen LogP contribution >= 0.6 is 0 Å². The fourth-order valence-corrected chi connectivity index (χ4v) is 2.25. The number of nitrogens with zero attached hydrogens (tertiary/aromatic N) is 1. The SMILES string of the molecule is COCCNc1ccc(C#Cc2ccc(C(=O)N[C@@H](CN)C(=O)NO)cc2)cn1. The summed E-state index contributed by atoms with van der Waals surface area (Å²) in [4.78, 5) is 27.8. The normalized spacial score (nSPS) is 11.0. The van der Waals surface area contributed by atoms with Crippen molar-refractivity contribution >= 4 is 17.6 Å². The Labute approximate surface area is 168 Å². The summed E-state index contributed by atoms with van der Waals surface area (Å²) in [6.07, 6.45) is 1.67. The van der Waals surface area contributed by atoms with Gasteiger partial charge in [0.1, 0.15) is 11.9 Å². The number of hydroxylamine groups is 1. The molecule has 2 aromatic rings. The number of anilines is 1. The fourth-order valence-electron chi connectivity index (χ4n) is 2.25. The lowest BCUT2D eigenvalue weighted by Crippen LogP contribution is -2.50. The second kappa shape index (κ2) is 11.4. The van der Waals surface area contributed by atoms with Crippen LogP contribution in [0.1, 0.15) is 21.5 Å². The van der Waals surface area contributed by atoms with Gasteiger partial charge in [-0.3, -0.25) is 14.8 Å². The molecule has 6 N–H and O–H groups in total. The van der Waals surface area contributed by atoms with Crippen LogP contribution in [0.4, 0.5) is 5.82 Å². The van der Waals surface area contributed by atoms with Crippen LogP contribution in [0.15, 0.2) is 42.6 Å². The maximum atomic E-state index is 12.2. The van der Waals surface area contributed by atoms with Crippen LogP contribution in [-0.2, 0) is 9.53 Å². The topological polar surface area (TPSA) is 139 Å². The molecular formula is C20H23N5O4. The minimum atomic E-state index is -1.02. The van der Waals surface area contributed by atoms with Crippen molar-refractivity contribution in [1.82, 2.24) is 15.8 Å². The highest BCUT2D eigenvalue weighted by atomic mass is 16.5. The molecule has 9 nitrogen and oxygen atoms in total. The summed E-state index contributed by atoms with van der Waals surface area (Å²) in [7, 11) is 1.64. The molecule has 0 saturated heterocycles. The number of hydrogen-bond donors (Lipinski definition) is 5. The number of aromatic nitrogens is 1. The Morgan fingerprint density at radius 2 is 1.86 bits per heavy atom. The Kier molecular flexibility index (Phi) is 8.59. The lowest BCUT2D eigenvalue weighted by atomic mass is 10.1. The molecule has 0 saturated carbocycles. The predicted molar refractivity (Wildman–Crippen MR) is 107 cm³/mol. The number of nitrogens with one attached hydrogen (secondary N) is 3. The van der Waals surface area contributed by atoms with E-state index in [0.29, 0.717) is 24.3 Å². The molecule has 0 fully saturated rings. The third-order valence-electron chi connectivity index (χ3n) is 3.84. The van der Waals surface area contributed by atoms with E-state index in [1.165, 1.54) is 5.48 Å². The van der Waals surface area contributed by atoms with Crippen LogP contribution < -0.4 is 21.8 Å². The van der Waals surface area contributed by atoms with Gasteiger partial charge in [-0.25, -0.2) is 10.5 Å². The molecule has 2 amide bonds. The standard InChI is InChI=1S/C20H23N5O4/c1-29-11-10-22-18-9-6-15(13-23-18)3-2-14-4-7-16(8-5-14)19(26)24-17(12-21)20(27)25-28/h4-9,13,17,28H,10-12,21H2,1H3,(H,22,23)(H,24,26)(H,25,27)/t17-/m0/s1. The molecule has 0 spiro atoms. The van der Waals surface area contributed by atoms with Crippen LogP contribution in [0.2, 0.25) is 0 Å². The van der Waals surface area contributed by atoms with E-state index in [1.807, 2.05) is 12.1 Å². The van der Waals surface area contributed by atoms with E-state index in [0.717, 1.165) is 11.4 Å². The van der Waals surface area contributed by atoms with Crippen molar-refractivity contribution in [2.75, 3.05) is 32.1 Å². The Hall–Kier alpha value is -3.45. The molecule has 0 aliphatic heterocycles. The van der Waals surface area contributed by atoms with Crippen LogP contribution in [0, 0.1) is 11.8 Å². The van der Waals surface area contributed by atoms with Crippen LogP contribution in [0.25, 0.3) is 0 Å². The van der Waals surface area contributed by atoms with Gasteiger partial charge in [-0.1, -0.05) is 11.8 Å². The second-order valence-electron chi connectivity index (χ2n) is 5.92. The van der Waals surface area contributed by atoms with Gasteiger partial charge in [0.05, 0.1) is 6.61 Å². The number of ether oxygens (including phenoxy) is 1. The van der Waals surface area contributed by atoms with Crippen molar-refractivity contribution in [2.45, 2.75) is 6.04 Å². The molecule has 1 aromatic carbocycles. The first-order chi connectivity index (χ1) is 14.1. The monoisotopic (exact) mass is 397 g/mol. The van der Waals surface area contributed by atoms with E-state index in [2.05, 4.69) is 27.5 Å². The van der Waals surface area contributed by atoms with Gasteiger partial charge >= 0.3 is 0 Å². The largest absolute Gasteiger partial charge is 0.383 e. The number of rotatable bonds is 8. The van der Waals surface area contributed by atoms with Gasteiger partial charge < -0.3 is 21.1 Å². The second-order valence-corrected chi connectivity index (χ2v) is 5.92. The zero-order valence-electron chi connectivity index (χ0n) is 15.9. The third-order valence-corrected chi connectivity index (χ3v) is 3.84. The zero-order valence-corrected chi connectivity index (χ0v) is 15.9. The van der Waals surface area contributed by atoms with E-state index in [1.54, 1.807) is 37.6 Å². The van der Waals surface area contributed by atoms with Crippen molar-refractivity contribution in [3.05, 3.63) is 59.3 Å². The lowest BCUT2D eigenvalue weighted by Gasteiger charge is -2.14. The number of nitrogens with two attached hydrogens (primary N) is 1. The molecule has 1 heterocycles. The Morgan fingerprint density at radius 3 is 2.45 bits per heavy atom. The van der Waals surface area contributed by atoms with Gasteiger partial charge in [0.2, 0.25) is 0 Å². The lowest BCUT2D eigenvalue weighted by molar-refractivity contribution is -0.130. The first-order valence-corrected chi connectivity index (χ1v) is 8.83. The van der Waals surface area contributed by atoms with E-state index in [-0.39, 0.29) is 6.54 Å². The van der Waals surface area contributed by atoms with Crippen LogP contribution in [0.5, 0.6) is 0 Å². The summed E-state index contributed by atoms with van der Waals surface area (Å²) < 4.78 is 4.97. The van der Waals surface area contributed by atoms with Crippen molar-refractivity contribution in [2.24, 2.45) is 5.73 Å². The molecule has 0 aliphatic rings. The van der Waals surface area contributed by atoms with E-state index in [4.69, 9.17) is 15.7 Å². The van der Waals surface area contributed by atoms with Gasteiger partial charge in [-0.05, 0) is 36.4 Å².